The van der Waals surface area contributed by atoms with Gasteiger partial charge < -0.3 is 4.90 Å². The number of benzene rings is 3. The van der Waals surface area contributed by atoms with E-state index in [1.54, 1.807) is 6.92 Å². The lowest BCUT2D eigenvalue weighted by Crippen LogP contribution is -2.36. The van der Waals surface area contributed by atoms with Crippen molar-refractivity contribution in [2.75, 3.05) is 6.54 Å². The fraction of sp³-hybridized carbons (Fsp3) is 0.174. The fourth-order valence-corrected chi connectivity index (χ4v) is 3.34. The van der Waals surface area contributed by atoms with Crippen LogP contribution >= 0.6 is 0 Å². The number of halogens is 3. The number of hydrogen-bond donors (Lipinski definition) is 0. The van der Waals surface area contributed by atoms with E-state index in [4.69, 9.17) is 0 Å². The third-order valence-electron chi connectivity index (χ3n) is 4.61. The first-order chi connectivity index (χ1) is 13.4. The standard InChI is InChI=1S/C23H20F3NO/c1-2-27(22(28)19-15-9-10-16-20(19)23(24,25)26)21(17-11-5-3-6-12-17)18-13-7-4-8-14-18/h3-16,21H,2H2,1H3. The molecule has 0 unspecified atom stereocenters. The van der Waals surface area contributed by atoms with Gasteiger partial charge in [0.25, 0.3) is 5.91 Å². The summed E-state index contributed by atoms with van der Waals surface area (Å²) < 4.78 is 40.4. The summed E-state index contributed by atoms with van der Waals surface area (Å²) in [5.74, 6) is -0.645. The van der Waals surface area contributed by atoms with Crippen LogP contribution in [0.2, 0.25) is 0 Å². The lowest BCUT2D eigenvalue weighted by atomic mass is 9.95. The molecule has 3 aromatic carbocycles. The fourth-order valence-electron chi connectivity index (χ4n) is 3.34. The van der Waals surface area contributed by atoms with Crippen LogP contribution in [0, 0.1) is 0 Å². The van der Waals surface area contributed by atoms with Crippen molar-refractivity contribution in [1.82, 2.24) is 4.90 Å². The molecule has 0 aromatic heterocycles. The second-order valence-corrected chi connectivity index (χ2v) is 6.36. The summed E-state index contributed by atoms with van der Waals surface area (Å²) >= 11 is 0. The van der Waals surface area contributed by atoms with Crippen molar-refractivity contribution in [3.63, 3.8) is 0 Å². The molecule has 5 heteroatoms. The number of alkyl halides is 3. The zero-order valence-electron chi connectivity index (χ0n) is 15.4. The lowest BCUT2D eigenvalue weighted by Gasteiger charge is -2.32. The first kappa shape index (κ1) is 19.7. The highest BCUT2D eigenvalue weighted by Gasteiger charge is 2.37. The van der Waals surface area contributed by atoms with Gasteiger partial charge in [-0.1, -0.05) is 72.8 Å². The largest absolute Gasteiger partial charge is 0.417 e. The van der Waals surface area contributed by atoms with E-state index in [1.165, 1.54) is 23.1 Å². The van der Waals surface area contributed by atoms with Crippen molar-refractivity contribution in [3.05, 3.63) is 107 Å². The minimum Gasteiger partial charge on any atom is -0.328 e. The second-order valence-electron chi connectivity index (χ2n) is 6.36. The maximum Gasteiger partial charge on any atom is 0.417 e. The van der Waals surface area contributed by atoms with Crippen LogP contribution in [0.4, 0.5) is 13.2 Å². The number of rotatable bonds is 5. The Morgan fingerprint density at radius 1 is 0.821 bits per heavy atom. The summed E-state index contributed by atoms with van der Waals surface area (Å²) in [6.45, 7) is 2.03. The smallest absolute Gasteiger partial charge is 0.328 e. The van der Waals surface area contributed by atoms with E-state index in [1.807, 2.05) is 60.7 Å². The summed E-state index contributed by atoms with van der Waals surface area (Å²) in [5, 5.41) is 0. The Hall–Kier alpha value is -3.08. The van der Waals surface area contributed by atoms with Crippen LogP contribution in [0.5, 0.6) is 0 Å². The molecule has 0 aliphatic heterocycles. The highest BCUT2D eigenvalue weighted by Crippen LogP contribution is 2.35. The predicted octanol–water partition coefficient (Wildman–Crippen LogP) is 5.96. The number of amides is 1. The average molecular weight is 383 g/mol. The van der Waals surface area contributed by atoms with Crippen molar-refractivity contribution in [3.8, 4) is 0 Å². The molecule has 0 saturated carbocycles. The zero-order chi connectivity index (χ0) is 20.1. The van der Waals surface area contributed by atoms with Gasteiger partial charge in [0.05, 0.1) is 17.2 Å². The molecule has 0 atom stereocenters. The van der Waals surface area contributed by atoms with Crippen LogP contribution in [-0.2, 0) is 6.18 Å². The maximum absolute atomic E-state index is 13.5. The summed E-state index contributed by atoms with van der Waals surface area (Å²) in [5.41, 5.74) is 0.425. The average Bonchev–Trinajstić information content (AvgIpc) is 2.72. The monoisotopic (exact) mass is 383 g/mol. The van der Waals surface area contributed by atoms with Crippen molar-refractivity contribution in [2.45, 2.75) is 19.1 Å². The summed E-state index contributed by atoms with van der Waals surface area (Å²) in [6.07, 6.45) is -4.60. The van der Waals surface area contributed by atoms with Crippen molar-refractivity contribution in [1.29, 1.82) is 0 Å². The van der Waals surface area contributed by atoms with Crippen molar-refractivity contribution in [2.24, 2.45) is 0 Å². The number of hydrogen-bond acceptors (Lipinski definition) is 1. The van der Waals surface area contributed by atoms with Crippen LogP contribution < -0.4 is 0 Å². The quantitative estimate of drug-likeness (QED) is 0.533. The molecule has 2 nitrogen and oxygen atoms in total. The highest BCUT2D eigenvalue weighted by molar-refractivity contribution is 5.96. The van der Waals surface area contributed by atoms with E-state index in [0.717, 1.165) is 17.2 Å². The number of carbonyl (C=O) groups is 1. The Kier molecular flexibility index (Phi) is 5.83. The van der Waals surface area contributed by atoms with Gasteiger partial charge in [-0.3, -0.25) is 4.79 Å². The molecule has 0 fully saturated rings. The molecule has 0 bridgehead atoms. The third kappa shape index (κ3) is 4.09. The Labute approximate surface area is 162 Å². The van der Waals surface area contributed by atoms with Crippen LogP contribution in [-0.4, -0.2) is 17.4 Å². The Bertz CT molecular complexity index is 884. The van der Waals surface area contributed by atoms with E-state index >= 15 is 0 Å². The minimum atomic E-state index is -4.60. The van der Waals surface area contributed by atoms with E-state index in [9.17, 15) is 18.0 Å². The topological polar surface area (TPSA) is 20.3 Å². The molecule has 0 radical (unpaired) electrons. The van der Waals surface area contributed by atoms with Gasteiger partial charge in [-0.15, -0.1) is 0 Å². The number of carbonyl (C=O) groups excluding carboxylic acids is 1. The normalized spacial score (nSPS) is 11.5. The summed E-state index contributed by atoms with van der Waals surface area (Å²) in [4.78, 5) is 14.7. The van der Waals surface area contributed by atoms with E-state index in [-0.39, 0.29) is 12.1 Å². The maximum atomic E-state index is 13.5. The summed E-state index contributed by atoms with van der Waals surface area (Å²) in [7, 11) is 0. The van der Waals surface area contributed by atoms with E-state index in [0.29, 0.717) is 0 Å². The molecule has 0 aliphatic carbocycles. The molecule has 28 heavy (non-hydrogen) atoms. The molecule has 0 N–H and O–H groups in total. The molecule has 144 valence electrons. The molecular weight excluding hydrogens is 363 g/mol. The van der Waals surface area contributed by atoms with Crippen LogP contribution in [0.25, 0.3) is 0 Å². The summed E-state index contributed by atoms with van der Waals surface area (Å²) in [6, 6.07) is 23.1. The Balaban J connectivity index is 2.11. The van der Waals surface area contributed by atoms with Gasteiger partial charge in [0.1, 0.15) is 0 Å². The van der Waals surface area contributed by atoms with Gasteiger partial charge in [0.2, 0.25) is 0 Å². The predicted molar refractivity (Wildman–Crippen MR) is 103 cm³/mol. The van der Waals surface area contributed by atoms with Gasteiger partial charge in [0, 0.05) is 6.54 Å². The van der Waals surface area contributed by atoms with E-state index < -0.39 is 23.7 Å². The third-order valence-corrected chi connectivity index (χ3v) is 4.61. The second kappa shape index (κ2) is 8.30. The molecule has 0 saturated heterocycles. The first-order valence-electron chi connectivity index (χ1n) is 9.00. The Morgan fingerprint density at radius 2 is 1.29 bits per heavy atom. The van der Waals surface area contributed by atoms with Gasteiger partial charge in [0.15, 0.2) is 0 Å². The van der Waals surface area contributed by atoms with Crippen LogP contribution in [0.3, 0.4) is 0 Å². The van der Waals surface area contributed by atoms with Crippen molar-refractivity contribution < 1.29 is 18.0 Å². The molecule has 0 heterocycles. The lowest BCUT2D eigenvalue weighted by molar-refractivity contribution is -0.138. The minimum absolute atomic E-state index is 0.263. The zero-order valence-corrected chi connectivity index (χ0v) is 15.4. The molecule has 1 amide bonds. The molecular formula is C23H20F3NO. The van der Waals surface area contributed by atoms with Gasteiger partial charge in [-0.05, 0) is 30.2 Å². The van der Waals surface area contributed by atoms with Gasteiger partial charge in [-0.2, -0.15) is 13.2 Å². The van der Waals surface area contributed by atoms with Gasteiger partial charge in [-0.25, -0.2) is 0 Å². The van der Waals surface area contributed by atoms with Gasteiger partial charge >= 0.3 is 6.18 Å². The SMILES string of the molecule is CCN(C(=O)c1ccccc1C(F)(F)F)C(c1ccccc1)c1ccccc1. The van der Waals surface area contributed by atoms with Crippen LogP contribution in [0.15, 0.2) is 84.9 Å². The molecule has 3 rings (SSSR count). The first-order valence-corrected chi connectivity index (χ1v) is 9.00. The molecule has 0 spiro atoms. The van der Waals surface area contributed by atoms with Crippen LogP contribution in [0.1, 0.15) is 40.0 Å². The Morgan fingerprint density at radius 3 is 1.75 bits per heavy atom. The number of nitrogens with zero attached hydrogens (tertiary/aromatic N) is 1. The molecule has 3 aromatic rings. The van der Waals surface area contributed by atoms with Crippen molar-refractivity contribution >= 4 is 5.91 Å². The highest BCUT2D eigenvalue weighted by atomic mass is 19.4. The molecule has 0 aliphatic rings. The van der Waals surface area contributed by atoms with E-state index in [2.05, 4.69) is 0 Å².